The lowest BCUT2D eigenvalue weighted by Gasteiger charge is -2.07. The molecule has 8 nitrogen and oxygen atoms in total. The van der Waals surface area contributed by atoms with E-state index in [4.69, 9.17) is 4.74 Å². The van der Waals surface area contributed by atoms with Gasteiger partial charge in [0.25, 0.3) is 5.91 Å². The maximum absolute atomic E-state index is 12.1. The maximum atomic E-state index is 12.1. The van der Waals surface area contributed by atoms with Crippen LogP contribution in [0, 0.1) is 0 Å². The molecule has 0 fully saturated rings. The second kappa shape index (κ2) is 7.73. The Labute approximate surface area is 143 Å². The van der Waals surface area contributed by atoms with E-state index in [2.05, 4.69) is 25.8 Å². The van der Waals surface area contributed by atoms with Crippen molar-refractivity contribution in [2.75, 3.05) is 11.9 Å². The van der Waals surface area contributed by atoms with Crippen LogP contribution in [-0.2, 0) is 4.79 Å². The minimum Gasteiger partial charge on any atom is -0.456 e. The second-order valence-corrected chi connectivity index (χ2v) is 5.03. The smallest absolute Gasteiger partial charge is 0.251 e. The molecule has 2 amide bonds. The number of carbonyl (C=O) groups is 2. The first-order valence-electron chi connectivity index (χ1n) is 7.45. The lowest BCUT2D eigenvalue weighted by molar-refractivity contribution is -0.115. The van der Waals surface area contributed by atoms with Crippen molar-refractivity contribution in [1.82, 2.24) is 20.5 Å². The van der Waals surface area contributed by atoms with E-state index in [0.29, 0.717) is 22.7 Å². The van der Waals surface area contributed by atoms with Crippen molar-refractivity contribution < 1.29 is 14.3 Å². The van der Waals surface area contributed by atoms with Crippen molar-refractivity contribution >= 4 is 17.5 Å². The first kappa shape index (κ1) is 16.2. The van der Waals surface area contributed by atoms with Crippen LogP contribution in [-0.4, -0.2) is 33.5 Å². The summed E-state index contributed by atoms with van der Waals surface area (Å²) in [6.07, 6.45) is 6.27. The molecule has 0 bridgehead atoms. The van der Waals surface area contributed by atoms with Crippen molar-refractivity contribution in [2.45, 2.75) is 0 Å². The average molecular weight is 337 g/mol. The van der Waals surface area contributed by atoms with Gasteiger partial charge in [0.15, 0.2) is 0 Å². The number of anilines is 1. The van der Waals surface area contributed by atoms with Crippen LogP contribution in [0.25, 0.3) is 0 Å². The van der Waals surface area contributed by atoms with E-state index >= 15 is 0 Å². The molecule has 0 radical (unpaired) electrons. The molecule has 2 aromatic heterocycles. The Kier molecular flexibility index (Phi) is 5.01. The van der Waals surface area contributed by atoms with Crippen molar-refractivity contribution in [3.63, 3.8) is 0 Å². The van der Waals surface area contributed by atoms with Crippen LogP contribution in [0.5, 0.6) is 11.5 Å². The van der Waals surface area contributed by atoms with Gasteiger partial charge in [0, 0.05) is 18.0 Å². The molecule has 0 aliphatic heterocycles. The van der Waals surface area contributed by atoms with E-state index in [1.807, 2.05) is 0 Å². The summed E-state index contributed by atoms with van der Waals surface area (Å²) in [4.78, 5) is 27.7. The molecule has 1 aromatic carbocycles. The summed E-state index contributed by atoms with van der Waals surface area (Å²) in [5.41, 5.74) is 0.964. The Bertz CT molecular complexity index is 832. The number of aromatic amines is 1. The molecule has 8 heteroatoms. The van der Waals surface area contributed by atoms with Crippen LogP contribution in [0.15, 0.2) is 61.2 Å². The average Bonchev–Trinajstić information content (AvgIpc) is 3.14. The Morgan fingerprint density at radius 1 is 1.08 bits per heavy atom. The van der Waals surface area contributed by atoms with Gasteiger partial charge in [0.1, 0.15) is 11.5 Å². The molecular formula is C17H15N5O3. The predicted molar refractivity (Wildman–Crippen MR) is 90.3 cm³/mol. The van der Waals surface area contributed by atoms with Gasteiger partial charge >= 0.3 is 0 Å². The van der Waals surface area contributed by atoms with Crippen LogP contribution in [0.1, 0.15) is 10.4 Å². The van der Waals surface area contributed by atoms with Gasteiger partial charge < -0.3 is 15.4 Å². The van der Waals surface area contributed by atoms with E-state index < -0.39 is 0 Å². The van der Waals surface area contributed by atoms with Gasteiger partial charge in [0.05, 0.1) is 24.6 Å². The Morgan fingerprint density at radius 2 is 1.92 bits per heavy atom. The zero-order chi connectivity index (χ0) is 17.5. The highest BCUT2D eigenvalue weighted by Gasteiger charge is 2.09. The zero-order valence-electron chi connectivity index (χ0n) is 13.1. The standard InChI is InChI=1S/C17H15N5O3/c23-16(22-13-8-20-21-9-13)11-19-17(24)12-3-5-14(6-4-12)25-15-2-1-7-18-10-15/h1-10H,11H2,(H,19,24)(H,20,21)(H,22,23). The summed E-state index contributed by atoms with van der Waals surface area (Å²) in [7, 11) is 0. The van der Waals surface area contributed by atoms with Crippen molar-refractivity contribution in [3.05, 3.63) is 66.7 Å². The van der Waals surface area contributed by atoms with E-state index in [-0.39, 0.29) is 18.4 Å². The SMILES string of the molecule is O=C(CNC(=O)c1ccc(Oc2cccnc2)cc1)Nc1cn[nH]c1. The Hall–Kier alpha value is -3.68. The molecule has 0 aliphatic rings. The molecule has 0 aliphatic carbocycles. The van der Waals surface area contributed by atoms with Gasteiger partial charge in [0.2, 0.25) is 5.91 Å². The molecule has 0 saturated carbocycles. The van der Waals surface area contributed by atoms with Crippen LogP contribution in [0.3, 0.4) is 0 Å². The number of hydrogen-bond donors (Lipinski definition) is 3. The van der Waals surface area contributed by atoms with Crippen LogP contribution >= 0.6 is 0 Å². The summed E-state index contributed by atoms with van der Waals surface area (Å²) in [6.45, 7) is -0.141. The third kappa shape index (κ3) is 4.64. The molecule has 25 heavy (non-hydrogen) atoms. The topological polar surface area (TPSA) is 109 Å². The zero-order valence-corrected chi connectivity index (χ0v) is 13.1. The normalized spacial score (nSPS) is 10.1. The lowest BCUT2D eigenvalue weighted by atomic mass is 10.2. The lowest BCUT2D eigenvalue weighted by Crippen LogP contribution is -2.32. The third-order valence-corrected chi connectivity index (χ3v) is 3.18. The summed E-state index contributed by atoms with van der Waals surface area (Å²) >= 11 is 0. The molecule has 3 aromatic rings. The molecule has 126 valence electrons. The van der Waals surface area contributed by atoms with E-state index in [1.54, 1.807) is 55.0 Å². The highest BCUT2D eigenvalue weighted by Crippen LogP contribution is 2.20. The van der Waals surface area contributed by atoms with Gasteiger partial charge in [-0.25, -0.2) is 0 Å². The minimum absolute atomic E-state index is 0.141. The number of benzene rings is 1. The first-order chi connectivity index (χ1) is 12.2. The highest BCUT2D eigenvalue weighted by molar-refractivity contribution is 5.99. The van der Waals surface area contributed by atoms with Gasteiger partial charge in [-0.1, -0.05) is 0 Å². The quantitative estimate of drug-likeness (QED) is 0.637. The molecule has 0 atom stereocenters. The Morgan fingerprint density at radius 3 is 2.60 bits per heavy atom. The monoisotopic (exact) mass is 337 g/mol. The van der Waals surface area contributed by atoms with Gasteiger partial charge in [-0.05, 0) is 36.4 Å². The summed E-state index contributed by atoms with van der Waals surface area (Å²) < 4.78 is 5.60. The molecule has 3 N–H and O–H groups in total. The molecule has 0 unspecified atom stereocenters. The minimum atomic E-state index is -0.352. The fraction of sp³-hybridized carbons (Fsp3) is 0.0588. The second-order valence-electron chi connectivity index (χ2n) is 5.03. The molecule has 3 rings (SSSR count). The van der Waals surface area contributed by atoms with Crippen LogP contribution in [0.4, 0.5) is 5.69 Å². The maximum Gasteiger partial charge on any atom is 0.251 e. The molecule has 2 heterocycles. The van der Waals surface area contributed by atoms with E-state index in [1.165, 1.54) is 6.20 Å². The van der Waals surface area contributed by atoms with Gasteiger partial charge in [-0.15, -0.1) is 0 Å². The third-order valence-electron chi connectivity index (χ3n) is 3.18. The molecule has 0 saturated heterocycles. The van der Waals surface area contributed by atoms with E-state index in [9.17, 15) is 9.59 Å². The number of pyridine rings is 1. The number of rotatable bonds is 6. The highest BCUT2D eigenvalue weighted by atomic mass is 16.5. The molecule has 0 spiro atoms. The van der Waals surface area contributed by atoms with Crippen molar-refractivity contribution in [3.8, 4) is 11.5 Å². The summed E-state index contributed by atoms with van der Waals surface area (Å²) in [5.74, 6) is 0.499. The Balaban J connectivity index is 1.51. The number of amides is 2. The number of ether oxygens (including phenoxy) is 1. The largest absolute Gasteiger partial charge is 0.456 e. The van der Waals surface area contributed by atoms with Gasteiger partial charge in [-0.2, -0.15) is 5.10 Å². The van der Waals surface area contributed by atoms with Gasteiger partial charge in [-0.3, -0.25) is 19.7 Å². The van der Waals surface area contributed by atoms with Crippen molar-refractivity contribution in [2.24, 2.45) is 0 Å². The fourth-order valence-electron chi connectivity index (χ4n) is 2.00. The van der Waals surface area contributed by atoms with Crippen molar-refractivity contribution in [1.29, 1.82) is 0 Å². The first-order valence-corrected chi connectivity index (χ1v) is 7.45. The van der Waals surface area contributed by atoms with Crippen LogP contribution in [0.2, 0.25) is 0 Å². The number of H-pyrrole nitrogens is 1. The van der Waals surface area contributed by atoms with Crippen LogP contribution < -0.4 is 15.4 Å². The van der Waals surface area contributed by atoms with E-state index in [0.717, 1.165) is 0 Å². The predicted octanol–water partition coefficient (Wildman–Crippen LogP) is 1.97. The number of nitrogens with zero attached hydrogens (tertiary/aromatic N) is 2. The number of nitrogens with one attached hydrogen (secondary N) is 3. The number of hydrogen-bond acceptors (Lipinski definition) is 5. The summed E-state index contributed by atoms with van der Waals surface area (Å²) in [6, 6.07) is 10.1. The number of carbonyl (C=O) groups excluding carboxylic acids is 2. The summed E-state index contributed by atoms with van der Waals surface area (Å²) in [5, 5.41) is 11.4. The number of aromatic nitrogens is 3. The fourth-order valence-corrected chi connectivity index (χ4v) is 2.00. The molecular weight excluding hydrogens is 322 g/mol.